The molecule has 6 nitrogen and oxygen atoms in total. The van der Waals surface area contributed by atoms with Crippen molar-refractivity contribution in [1.29, 1.82) is 0 Å². The minimum absolute atomic E-state index is 0.0789. The van der Waals surface area contributed by atoms with Crippen LogP contribution in [0.2, 0.25) is 0 Å². The summed E-state index contributed by atoms with van der Waals surface area (Å²) in [7, 11) is -2.99. The average Bonchev–Trinajstić information content (AvgIpc) is 2.89. The predicted octanol–water partition coefficient (Wildman–Crippen LogP) is 1.44. The summed E-state index contributed by atoms with van der Waals surface area (Å²) in [6, 6.07) is 4.49. The lowest BCUT2D eigenvalue weighted by atomic mass is 9.93. The molecule has 8 heteroatoms. The third-order valence-electron chi connectivity index (χ3n) is 4.37. The molecule has 1 amide bonds. The highest BCUT2D eigenvalue weighted by atomic mass is 32.2. The van der Waals surface area contributed by atoms with Gasteiger partial charge in [-0.25, -0.2) is 17.6 Å². The quantitative estimate of drug-likeness (QED) is 0.898. The van der Waals surface area contributed by atoms with Crippen LogP contribution in [0.25, 0.3) is 0 Å². The molecule has 1 aromatic carbocycles. The monoisotopic (exact) mass is 343 g/mol. The molecule has 2 aliphatic heterocycles. The number of halogens is 1. The van der Waals surface area contributed by atoms with E-state index in [0.717, 1.165) is 0 Å². The van der Waals surface area contributed by atoms with E-state index in [1.54, 1.807) is 12.1 Å². The largest absolute Gasteiger partial charge is 0.441 e. The number of hydrogen-bond acceptors (Lipinski definition) is 5. The molecule has 0 spiro atoms. The van der Waals surface area contributed by atoms with Gasteiger partial charge in [0.25, 0.3) is 0 Å². The molecule has 0 unspecified atom stereocenters. The van der Waals surface area contributed by atoms with Crippen molar-refractivity contribution in [3.63, 3.8) is 0 Å². The van der Waals surface area contributed by atoms with Crippen molar-refractivity contribution in [3.05, 3.63) is 29.6 Å². The number of benzene rings is 1. The highest BCUT2D eigenvalue weighted by molar-refractivity contribution is 7.91. The molecule has 2 saturated heterocycles. The average molecular weight is 343 g/mol. The summed E-state index contributed by atoms with van der Waals surface area (Å²) in [5.41, 5.74) is 0.852. The summed E-state index contributed by atoms with van der Waals surface area (Å²) in [6.07, 6.45) is -0.387. The highest BCUT2D eigenvalue weighted by Gasteiger charge is 2.33. The van der Waals surface area contributed by atoms with Gasteiger partial charge in [0.15, 0.2) is 0 Å². The van der Waals surface area contributed by atoms with Crippen molar-refractivity contribution in [3.8, 4) is 0 Å². The van der Waals surface area contributed by atoms with E-state index in [4.69, 9.17) is 9.84 Å². The van der Waals surface area contributed by atoms with E-state index < -0.39 is 27.9 Å². The van der Waals surface area contributed by atoms with Gasteiger partial charge >= 0.3 is 6.09 Å². The first-order valence-corrected chi connectivity index (χ1v) is 9.30. The number of hydrogen-bond donors (Lipinski definition) is 1. The summed E-state index contributed by atoms with van der Waals surface area (Å²) >= 11 is 0. The van der Waals surface area contributed by atoms with E-state index in [-0.39, 0.29) is 30.6 Å². The second-order valence-corrected chi connectivity index (χ2v) is 8.23. The molecular weight excluding hydrogens is 325 g/mol. The first-order valence-electron chi connectivity index (χ1n) is 7.48. The maximum atomic E-state index is 14.4. The predicted molar refractivity (Wildman–Crippen MR) is 81.7 cm³/mol. The Morgan fingerprint density at radius 1 is 1.30 bits per heavy atom. The maximum absolute atomic E-state index is 14.4. The van der Waals surface area contributed by atoms with Crippen LogP contribution in [-0.4, -0.2) is 50.4 Å². The van der Waals surface area contributed by atoms with Crippen LogP contribution in [0.15, 0.2) is 18.2 Å². The first kappa shape index (κ1) is 16.2. The van der Waals surface area contributed by atoms with Gasteiger partial charge in [0.1, 0.15) is 21.8 Å². The van der Waals surface area contributed by atoms with Crippen molar-refractivity contribution in [1.82, 2.24) is 0 Å². The number of nitrogens with zero attached hydrogens (tertiary/aromatic N) is 1. The van der Waals surface area contributed by atoms with Crippen LogP contribution < -0.4 is 4.90 Å². The minimum Gasteiger partial charge on any atom is -0.441 e. The number of amides is 1. The zero-order valence-electron chi connectivity index (χ0n) is 12.4. The molecule has 0 saturated carbocycles. The normalized spacial score (nSPS) is 24.7. The van der Waals surface area contributed by atoms with E-state index in [1.165, 1.54) is 11.0 Å². The lowest BCUT2D eigenvalue weighted by Crippen LogP contribution is -2.26. The van der Waals surface area contributed by atoms with Crippen LogP contribution >= 0.6 is 0 Å². The Bertz CT molecular complexity index is 707. The van der Waals surface area contributed by atoms with Gasteiger partial charge in [0, 0.05) is 0 Å². The van der Waals surface area contributed by atoms with Gasteiger partial charge in [-0.3, -0.25) is 4.90 Å². The summed E-state index contributed by atoms with van der Waals surface area (Å²) in [4.78, 5) is 13.0. The molecule has 2 heterocycles. The molecule has 3 rings (SSSR count). The van der Waals surface area contributed by atoms with Gasteiger partial charge in [-0.05, 0) is 36.5 Å². The van der Waals surface area contributed by atoms with Crippen LogP contribution in [0, 0.1) is 5.82 Å². The Morgan fingerprint density at radius 2 is 2.00 bits per heavy atom. The van der Waals surface area contributed by atoms with Gasteiger partial charge < -0.3 is 9.84 Å². The van der Waals surface area contributed by atoms with Crippen LogP contribution in [0.4, 0.5) is 14.9 Å². The van der Waals surface area contributed by atoms with Crippen molar-refractivity contribution in [2.24, 2.45) is 0 Å². The second kappa shape index (κ2) is 6.09. The van der Waals surface area contributed by atoms with Crippen LogP contribution in [0.3, 0.4) is 0 Å². The molecule has 23 heavy (non-hydrogen) atoms. The van der Waals surface area contributed by atoms with E-state index >= 15 is 0 Å². The SMILES string of the molecule is O=C1O[C@@H](CO)CN1c1ccc(C2CCS(=O)(=O)CC2)c(F)c1. The van der Waals surface area contributed by atoms with Crippen molar-refractivity contribution < 1.29 is 27.4 Å². The Hall–Kier alpha value is -1.67. The summed E-state index contributed by atoms with van der Waals surface area (Å²) in [5.74, 6) is -0.416. The third-order valence-corrected chi connectivity index (χ3v) is 6.08. The molecule has 1 N–H and O–H groups in total. The Labute approximate surface area is 133 Å². The lowest BCUT2D eigenvalue weighted by Gasteiger charge is -2.23. The van der Waals surface area contributed by atoms with Gasteiger partial charge in [0.2, 0.25) is 0 Å². The van der Waals surface area contributed by atoms with Gasteiger partial charge in [-0.2, -0.15) is 0 Å². The number of aliphatic hydroxyl groups is 1. The molecule has 0 aromatic heterocycles. The fourth-order valence-corrected chi connectivity index (χ4v) is 4.53. The summed E-state index contributed by atoms with van der Waals surface area (Å²) < 4.78 is 42.3. The second-order valence-electron chi connectivity index (χ2n) is 5.93. The lowest BCUT2D eigenvalue weighted by molar-refractivity contribution is 0.0963. The highest BCUT2D eigenvalue weighted by Crippen LogP contribution is 2.33. The van der Waals surface area contributed by atoms with E-state index in [9.17, 15) is 17.6 Å². The number of carbonyl (C=O) groups excluding carboxylic acids is 1. The number of ether oxygens (including phenoxy) is 1. The Kier molecular flexibility index (Phi) is 4.29. The van der Waals surface area contributed by atoms with Crippen molar-refractivity contribution in [2.75, 3.05) is 29.6 Å². The summed E-state index contributed by atoms with van der Waals surface area (Å²) in [6.45, 7) is -0.102. The zero-order valence-corrected chi connectivity index (χ0v) is 13.3. The molecule has 0 radical (unpaired) electrons. The fraction of sp³-hybridized carbons (Fsp3) is 0.533. The minimum atomic E-state index is -2.99. The third kappa shape index (κ3) is 3.32. The fourth-order valence-electron chi connectivity index (χ4n) is 3.04. The van der Waals surface area contributed by atoms with E-state index in [0.29, 0.717) is 24.1 Å². The molecule has 0 bridgehead atoms. The van der Waals surface area contributed by atoms with Crippen LogP contribution in [-0.2, 0) is 14.6 Å². The molecule has 126 valence electrons. The number of aliphatic hydroxyl groups excluding tert-OH is 1. The zero-order chi connectivity index (χ0) is 16.6. The topological polar surface area (TPSA) is 83.9 Å². The first-order chi connectivity index (χ1) is 10.9. The molecule has 1 atom stereocenters. The van der Waals surface area contributed by atoms with Gasteiger partial charge in [0.05, 0.1) is 30.3 Å². The molecule has 2 aliphatic rings. The number of sulfone groups is 1. The van der Waals surface area contributed by atoms with Gasteiger partial charge in [-0.15, -0.1) is 0 Å². The van der Waals surface area contributed by atoms with Crippen molar-refractivity contribution in [2.45, 2.75) is 24.9 Å². The van der Waals surface area contributed by atoms with E-state index in [1.807, 2.05) is 0 Å². The van der Waals surface area contributed by atoms with Crippen molar-refractivity contribution >= 4 is 21.6 Å². The maximum Gasteiger partial charge on any atom is 0.414 e. The standard InChI is InChI=1S/C15H18FNO5S/c16-14-7-11(17-8-12(9-18)22-15(17)19)1-2-13(14)10-3-5-23(20,21)6-4-10/h1-2,7,10,12,18H,3-6,8-9H2/t12-/m1/s1. The molecule has 2 fully saturated rings. The molecule has 1 aromatic rings. The number of cyclic esters (lactones) is 1. The molecular formula is C15H18FNO5S. The number of rotatable bonds is 3. The number of carbonyl (C=O) groups is 1. The molecule has 0 aliphatic carbocycles. The summed E-state index contributed by atoms with van der Waals surface area (Å²) in [5, 5.41) is 9.03. The Morgan fingerprint density at radius 3 is 2.57 bits per heavy atom. The smallest absolute Gasteiger partial charge is 0.414 e. The Balaban J connectivity index is 1.78. The van der Waals surface area contributed by atoms with Crippen LogP contribution in [0.1, 0.15) is 24.3 Å². The number of anilines is 1. The van der Waals surface area contributed by atoms with Crippen LogP contribution in [0.5, 0.6) is 0 Å². The van der Waals surface area contributed by atoms with Gasteiger partial charge in [-0.1, -0.05) is 6.07 Å². The van der Waals surface area contributed by atoms with E-state index in [2.05, 4.69) is 0 Å².